The van der Waals surface area contributed by atoms with E-state index in [0.29, 0.717) is 5.46 Å². The summed E-state index contributed by atoms with van der Waals surface area (Å²) in [4.78, 5) is 0. The lowest BCUT2D eigenvalue weighted by molar-refractivity contribution is 0.322. The zero-order valence-corrected chi connectivity index (χ0v) is 6.36. The fourth-order valence-electron chi connectivity index (χ4n) is 0.706. The maximum Gasteiger partial charge on any atom is 0.113 e. The molecule has 0 aliphatic rings. The molecule has 0 unspecified atom stereocenters. The van der Waals surface area contributed by atoms with Gasteiger partial charge >= 0.3 is 0 Å². The number of nitrogens with zero attached hydrogens (tertiary/aromatic N) is 1. The highest BCUT2D eigenvalue weighted by Gasteiger charge is 1.85. The van der Waals surface area contributed by atoms with Crippen LogP contribution in [0.2, 0.25) is 0 Å². The Bertz CT molecular complexity index is 252. The van der Waals surface area contributed by atoms with Crippen molar-refractivity contribution in [2.45, 2.75) is 0 Å². The number of hydrogen-bond acceptors (Lipinski definition) is 2. The van der Waals surface area contributed by atoms with Gasteiger partial charge in [0.05, 0.1) is 6.21 Å². The zero-order valence-electron chi connectivity index (χ0n) is 6.36. The summed E-state index contributed by atoms with van der Waals surface area (Å²) >= 11 is 0. The molecule has 12 heavy (non-hydrogen) atoms. The predicted octanol–water partition coefficient (Wildman–Crippen LogP) is -1.36. The summed E-state index contributed by atoms with van der Waals surface area (Å²) in [5.41, 5.74) is 1.46. The van der Waals surface area contributed by atoms with Crippen molar-refractivity contribution in [2.75, 3.05) is 0 Å². The number of oxime groups is 1. The smallest absolute Gasteiger partial charge is 0.113 e. The van der Waals surface area contributed by atoms with E-state index in [4.69, 9.17) is 13.1 Å². The van der Waals surface area contributed by atoms with Crippen LogP contribution in [0.4, 0.5) is 0 Å². The standard InChI is InChI=1S/C7H6BNO.2H2O/c8-7-3-1-2-6(4-7)5-9-10;;/h1-5,10H;2*1H2. The summed E-state index contributed by atoms with van der Waals surface area (Å²) in [6.45, 7) is 0. The van der Waals surface area contributed by atoms with Gasteiger partial charge in [-0.2, -0.15) is 0 Å². The van der Waals surface area contributed by atoms with Crippen LogP contribution in [0.15, 0.2) is 29.4 Å². The van der Waals surface area contributed by atoms with Crippen LogP contribution in [0.5, 0.6) is 0 Å². The summed E-state index contributed by atoms with van der Waals surface area (Å²) in [6, 6.07) is 7.09. The van der Waals surface area contributed by atoms with Crippen LogP contribution in [-0.4, -0.2) is 30.2 Å². The monoisotopic (exact) mass is 167 g/mol. The number of hydrogen-bond donors (Lipinski definition) is 1. The summed E-state index contributed by atoms with van der Waals surface area (Å²) in [5.74, 6) is 0. The van der Waals surface area contributed by atoms with Crippen molar-refractivity contribution in [3.8, 4) is 0 Å². The molecule has 0 aromatic heterocycles. The van der Waals surface area contributed by atoms with Crippen molar-refractivity contribution in [3.05, 3.63) is 29.8 Å². The van der Waals surface area contributed by atoms with Crippen molar-refractivity contribution in [1.29, 1.82) is 0 Å². The first-order valence-corrected chi connectivity index (χ1v) is 2.86. The summed E-state index contributed by atoms with van der Waals surface area (Å²) < 4.78 is 0. The highest BCUT2D eigenvalue weighted by atomic mass is 16.4. The van der Waals surface area contributed by atoms with Gasteiger partial charge in [0.2, 0.25) is 0 Å². The molecule has 2 radical (unpaired) electrons. The molecule has 5 heteroatoms. The third kappa shape index (κ3) is 3.75. The second-order valence-electron chi connectivity index (χ2n) is 1.91. The first kappa shape index (κ1) is 13.3. The molecule has 0 aliphatic carbocycles. The van der Waals surface area contributed by atoms with Gasteiger partial charge < -0.3 is 16.2 Å². The second-order valence-corrected chi connectivity index (χ2v) is 1.91. The first-order chi connectivity index (χ1) is 4.83. The Morgan fingerprint density at radius 3 is 2.50 bits per heavy atom. The lowest BCUT2D eigenvalue weighted by atomic mass is 9.95. The van der Waals surface area contributed by atoms with Gasteiger partial charge in [0.15, 0.2) is 0 Å². The molecule has 0 spiro atoms. The van der Waals surface area contributed by atoms with E-state index in [2.05, 4.69) is 5.16 Å². The van der Waals surface area contributed by atoms with Gasteiger partial charge in [0, 0.05) is 0 Å². The van der Waals surface area contributed by atoms with Crippen LogP contribution in [0.3, 0.4) is 0 Å². The molecule has 0 aliphatic heterocycles. The van der Waals surface area contributed by atoms with Gasteiger partial charge in [-0.05, 0) is 5.56 Å². The van der Waals surface area contributed by atoms with Gasteiger partial charge in [-0.3, -0.25) is 0 Å². The molecule has 4 nitrogen and oxygen atoms in total. The summed E-state index contributed by atoms with van der Waals surface area (Å²) in [6.07, 6.45) is 1.33. The molecular formula is C7H10BNO3. The Kier molecular flexibility index (Phi) is 7.07. The lowest BCUT2D eigenvalue weighted by Crippen LogP contribution is -2.01. The fourth-order valence-corrected chi connectivity index (χ4v) is 0.706. The molecule has 1 aromatic rings. The Hall–Kier alpha value is -1.33. The average Bonchev–Trinajstić information content (AvgIpc) is 1.88. The van der Waals surface area contributed by atoms with E-state index in [-0.39, 0.29) is 11.0 Å². The number of rotatable bonds is 1. The third-order valence-corrected chi connectivity index (χ3v) is 1.12. The minimum absolute atomic E-state index is 0. The van der Waals surface area contributed by atoms with E-state index in [1.807, 2.05) is 0 Å². The molecule has 0 amide bonds. The van der Waals surface area contributed by atoms with Crippen molar-refractivity contribution in [1.82, 2.24) is 0 Å². The Labute approximate surface area is 71.6 Å². The highest BCUT2D eigenvalue weighted by Crippen LogP contribution is 1.90. The molecule has 1 rings (SSSR count). The van der Waals surface area contributed by atoms with Crippen LogP contribution in [0.1, 0.15) is 5.56 Å². The molecule has 0 atom stereocenters. The van der Waals surface area contributed by atoms with Crippen LogP contribution in [0, 0.1) is 0 Å². The van der Waals surface area contributed by atoms with E-state index >= 15 is 0 Å². The van der Waals surface area contributed by atoms with Crippen molar-refractivity contribution < 1.29 is 16.2 Å². The Morgan fingerprint density at radius 2 is 2.00 bits per heavy atom. The van der Waals surface area contributed by atoms with Gasteiger partial charge in [0.1, 0.15) is 7.85 Å². The minimum atomic E-state index is 0. The van der Waals surface area contributed by atoms with Crippen molar-refractivity contribution >= 4 is 19.5 Å². The minimum Gasteiger partial charge on any atom is -0.412 e. The summed E-state index contributed by atoms with van der Waals surface area (Å²) in [7, 11) is 5.45. The van der Waals surface area contributed by atoms with E-state index in [1.165, 1.54) is 6.21 Å². The highest BCUT2D eigenvalue weighted by molar-refractivity contribution is 6.32. The molecule has 0 fully saturated rings. The molecule has 0 saturated heterocycles. The van der Waals surface area contributed by atoms with E-state index < -0.39 is 0 Å². The average molecular weight is 167 g/mol. The van der Waals surface area contributed by atoms with Crippen LogP contribution >= 0.6 is 0 Å². The molecule has 64 valence electrons. The van der Waals surface area contributed by atoms with Crippen LogP contribution < -0.4 is 5.46 Å². The van der Waals surface area contributed by atoms with Gasteiger partial charge in [0.25, 0.3) is 0 Å². The second kappa shape index (κ2) is 6.39. The lowest BCUT2D eigenvalue weighted by Gasteiger charge is -1.92. The first-order valence-electron chi connectivity index (χ1n) is 2.86. The Morgan fingerprint density at radius 1 is 1.33 bits per heavy atom. The molecule has 0 heterocycles. The van der Waals surface area contributed by atoms with Gasteiger partial charge in [-0.1, -0.05) is 34.9 Å². The maximum atomic E-state index is 8.14. The number of benzene rings is 1. The Balaban J connectivity index is 0. The van der Waals surface area contributed by atoms with Gasteiger partial charge in [-0.15, -0.1) is 0 Å². The normalized spacial score (nSPS) is 8.67. The largest absolute Gasteiger partial charge is 0.412 e. The SMILES string of the molecule is O.O.[B]c1cccc(C=NO)c1. The molecule has 0 saturated carbocycles. The molecular weight excluding hydrogens is 157 g/mol. The van der Waals surface area contributed by atoms with Gasteiger partial charge in [-0.25, -0.2) is 0 Å². The topological polar surface area (TPSA) is 95.6 Å². The summed E-state index contributed by atoms with van der Waals surface area (Å²) in [5, 5.41) is 11.0. The predicted molar refractivity (Wildman–Crippen MR) is 48.4 cm³/mol. The van der Waals surface area contributed by atoms with Crippen molar-refractivity contribution in [3.63, 3.8) is 0 Å². The molecule has 1 aromatic carbocycles. The molecule has 0 bridgehead atoms. The fraction of sp³-hybridized carbons (Fsp3) is 0. The zero-order chi connectivity index (χ0) is 7.40. The van der Waals surface area contributed by atoms with Crippen LogP contribution in [0.25, 0.3) is 0 Å². The maximum absolute atomic E-state index is 8.14. The third-order valence-electron chi connectivity index (χ3n) is 1.12. The van der Waals surface area contributed by atoms with Crippen molar-refractivity contribution in [2.24, 2.45) is 5.16 Å². The van der Waals surface area contributed by atoms with E-state index in [0.717, 1.165) is 5.56 Å². The van der Waals surface area contributed by atoms with E-state index in [1.54, 1.807) is 24.3 Å². The quantitative estimate of drug-likeness (QED) is 0.237. The van der Waals surface area contributed by atoms with E-state index in [9.17, 15) is 0 Å². The van der Waals surface area contributed by atoms with Crippen LogP contribution in [-0.2, 0) is 0 Å². The molecule has 5 N–H and O–H groups in total.